The number of rotatable bonds is 6. The Morgan fingerprint density at radius 2 is 1.44 bits per heavy atom. The predicted octanol–water partition coefficient (Wildman–Crippen LogP) is 3.68. The quantitative estimate of drug-likeness (QED) is 0.436. The average molecular weight is 403 g/mol. The van der Waals surface area contributed by atoms with E-state index in [1.165, 1.54) is 11.1 Å². The Bertz CT molecular complexity index is 682. The van der Waals surface area contributed by atoms with Crippen LogP contribution in [-0.2, 0) is 4.52 Å². The summed E-state index contributed by atoms with van der Waals surface area (Å²) in [6.07, 6.45) is 0. The van der Waals surface area contributed by atoms with Crippen LogP contribution in [0.25, 0.3) is 0 Å². The van der Waals surface area contributed by atoms with E-state index in [1.54, 1.807) is 0 Å². The van der Waals surface area contributed by atoms with Gasteiger partial charge in [-0.1, -0.05) is 60.7 Å². The summed E-state index contributed by atoms with van der Waals surface area (Å²) < 4.78 is 11.0. The molecule has 7 heteroatoms. The summed E-state index contributed by atoms with van der Waals surface area (Å²) in [4.78, 5) is 0. The molecule has 0 aromatic heterocycles. The highest BCUT2D eigenvalue weighted by Crippen LogP contribution is 2.62. The lowest BCUT2D eigenvalue weighted by atomic mass is 9.93. The van der Waals surface area contributed by atoms with E-state index in [0.717, 1.165) is 0 Å². The number of hydrogen-bond acceptors (Lipinski definition) is 4. The molecule has 144 valence electrons. The lowest BCUT2D eigenvalue weighted by Gasteiger charge is -2.25. The van der Waals surface area contributed by atoms with Crippen molar-refractivity contribution in [2.45, 2.75) is 12.1 Å². The molecule has 1 heterocycles. The van der Waals surface area contributed by atoms with E-state index < -0.39 is 8.45 Å². The zero-order chi connectivity index (χ0) is 19.2. The number of benzene rings is 2. The van der Waals surface area contributed by atoms with Crippen LogP contribution in [0, 0.1) is 0 Å². The SMILES string of the molecule is CNC(=S)NCCOP1N(C)C(c2ccccc2)C(c2ccccc2)N1C. The first-order valence-corrected chi connectivity index (χ1v) is 10.6. The van der Waals surface area contributed by atoms with E-state index in [1.807, 2.05) is 7.05 Å². The Morgan fingerprint density at radius 3 is 1.89 bits per heavy atom. The second-order valence-corrected chi connectivity index (χ2v) is 8.88. The zero-order valence-corrected chi connectivity index (χ0v) is 17.7. The van der Waals surface area contributed by atoms with E-state index in [2.05, 4.69) is 94.7 Å². The largest absolute Gasteiger partial charge is 0.366 e. The van der Waals surface area contributed by atoms with Crippen LogP contribution in [0.4, 0.5) is 0 Å². The molecule has 1 saturated heterocycles. The van der Waals surface area contributed by atoms with Gasteiger partial charge >= 0.3 is 0 Å². The van der Waals surface area contributed by atoms with Gasteiger partial charge < -0.3 is 15.2 Å². The van der Waals surface area contributed by atoms with Crippen molar-refractivity contribution >= 4 is 25.8 Å². The van der Waals surface area contributed by atoms with Gasteiger partial charge in [-0.2, -0.15) is 0 Å². The summed E-state index contributed by atoms with van der Waals surface area (Å²) in [5.74, 6) is 0. The van der Waals surface area contributed by atoms with Gasteiger partial charge in [0.2, 0.25) is 0 Å². The summed E-state index contributed by atoms with van der Waals surface area (Å²) in [5, 5.41) is 6.70. The van der Waals surface area contributed by atoms with E-state index in [0.29, 0.717) is 18.3 Å². The molecule has 2 unspecified atom stereocenters. The maximum Gasteiger partial charge on any atom is 0.188 e. The van der Waals surface area contributed by atoms with Crippen molar-refractivity contribution in [1.29, 1.82) is 0 Å². The molecule has 1 fully saturated rings. The highest BCUT2D eigenvalue weighted by molar-refractivity contribution is 7.80. The second kappa shape index (κ2) is 9.58. The third-order valence-electron chi connectivity index (χ3n) is 4.75. The second-order valence-electron chi connectivity index (χ2n) is 6.45. The third kappa shape index (κ3) is 4.65. The summed E-state index contributed by atoms with van der Waals surface area (Å²) in [5.41, 5.74) is 2.62. The molecule has 2 atom stereocenters. The summed E-state index contributed by atoms with van der Waals surface area (Å²) >= 11 is 5.12. The van der Waals surface area contributed by atoms with Crippen LogP contribution in [0.15, 0.2) is 60.7 Å². The van der Waals surface area contributed by atoms with Crippen LogP contribution < -0.4 is 10.6 Å². The Labute approximate surface area is 168 Å². The Kier molecular flexibility index (Phi) is 7.16. The normalized spacial score (nSPS) is 23.3. The van der Waals surface area contributed by atoms with Gasteiger partial charge in [-0.05, 0) is 37.4 Å². The molecule has 0 saturated carbocycles. The van der Waals surface area contributed by atoms with Gasteiger partial charge in [0.15, 0.2) is 13.6 Å². The molecular weight excluding hydrogens is 375 g/mol. The summed E-state index contributed by atoms with van der Waals surface area (Å²) in [6.45, 7) is 1.29. The van der Waals surface area contributed by atoms with Gasteiger partial charge in [0.05, 0.1) is 18.7 Å². The van der Waals surface area contributed by atoms with E-state index in [-0.39, 0.29) is 12.1 Å². The molecule has 0 aliphatic carbocycles. The van der Waals surface area contributed by atoms with Crippen molar-refractivity contribution in [1.82, 2.24) is 20.0 Å². The van der Waals surface area contributed by atoms with Crippen molar-refractivity contribution in [2.75, 3.05) is 34.3 Å². The Morgan fingerprint density at radius 1 is 0.963 bits per heavy atom. The first-order chi connectivity index (χ1) is 13.1. The van der Waals surface area contributed by atoms with E-state index in [9.17, 15) is 0 Å². The molecule has 2 aromatic carbocycles. The number of nitrogens with one attached hydrogen (secondary N) is 2. The summed E-state index contributed by atoms with van der Waals surface area (Å²) in [7, 11) is 5.27. The molecule has 0 bridgehead atoms. The highest BCUT2D eigenvalue weighted by atomic mass is 32.1. The third-order valence-corrected chi connectivity index (χ3v) is 7.09. The first kappa shape index (κ1) is 20.2. The summed E-state index contributed by atoms with van der Waals surface area (Å²) in [6, 6.07) is 21.9. The molecule has 0 radical (unpaired) electrons. The molecule has 2 N–H and O–H groups in total. The van der Waals surface area contributed by atoms with Crippen LogP contribution in [0.3, 0.4) is 0 Å². The van der Waals surface area contributed by atoms with Crippen molar-refractivity contribution in [3.63, 3.8) is 0 Å². The minimum Gasteiger partial charge on any atom is -0.366 e. The van der Waals surface area contributed by atoms with Gasteiger partial charge in [-0.15, -0.1) is 0 Å². The Balaban J connectivity index is 1.79. The zero-order valence-electron chi connectivity index (χ0n) is 16.0. The van der Waals surface area contributed by atoms with Gasteiger partial charge in [0.1, 0.15) is 0 Å². The molecular formula is C20H27N4OPS. The van der Waals surface area contributed by atoms with Crippen molar-refractivity contribution in [3.05, 3.63) is 71.8 Å². The predicted molar refractivity (Wildman–Crippen MR) is 116 cm³/mol. The molecule has 27 heavy (non-hydrogen) atoms. The van der Waals surface area contributed by atoms with Gasteiger partial charge in [0.25, 0.3) is 0 Å². The van der Waals surface area contributed by atoms with Crippen LogP contribution in [-0.4, -0.2) is 48.7 Å². The van der Waals surface area contributed by atoms with Gasteiger partial charge in [0, 0.05) is 13.6 Å². The maximum absolute atomic E-state index is 6.29. The van der Waals surface area contributed by atoms with Crippen LogP contribution in [0.2, 0.25) is 0 Å². The fourth-order valence-corrected chi connectivity index (χ4v) is 5.61. The molecule has 1 aliphatic rings. The maximum atomic E-state index is 6.29. The smallest absolute Gasteiger partial charge is 0.188 e. The molecule has 5 nitrogen and oxygen atoms in total. The Hall–Kier alpha value is -1.56. The number of thiocarbonyl (C=S) groups is 1. The standard InChI is InChI=1S/C20H27N4OPS/c1-21-20(27)22-14-15-25-26-23(2)18(16-10-6-4-7-11-16)19(24(26)3)17-12-8-5-9-13-17/h4-13,18-19H,14-15H2,1-3H3,(H2,21,22,27). The lowest BCUT2D eigenvalue weighted by molar-refractivity contribution is 0.310. The number of nitrogens with zero attached hydrogens (tertiary/aromatic N) is 2. The minimum atomic E-state index is -0.866. The van der Waals surface area contributed by atoms with Crippen LogP contribution in [0.1, 0.15) is 23.2 Å². The minimum absolute atomic E-state index is 0.246. The van der Waals surface area contributed by atoms with Crippen molar-refractivity contribution in [3.8, 4) is 0 Å². The monoisotopic (exact) mass is 402 g/mol. The van der Waals surface area contributed by atoms with Crippen LogP contribution in [0.5, 0.6) is 0 Å². The van der Waals surface area contributed by atoms with Crippen molar-refractivity contribution < 1.29 is 4.52 Å². The first-order valence-electron chi connectivity index (χ1n) is 9.07. The highest BCUT2D eigenvalue weighted by Gasteiger charge is 2.46. The van der Waals surface area contributed by atoms with Crippen molar-refractivity contribution in [2.24, 2.45) is 0 Å². The van der Waals surface area contributed by atoms with Crippen LogP contribution >= 0.6 is 20.7 Å². The molecule has 2 aromatic rings. The van der Waals surface area contributed by atoms with Gasteiger partial charge in [-0.25, -0.2) is 9.34 Å². The molecule has 0 spiro atoms. The van der Waals surface area contributed by atoms with E-state index >= 15 is 0 Å². The lowest BCUT2D eigenvalue weighted by Crippen LogP contribution is -2.34. The fraction of sp³-hybridized carbons (Fsp3) is 0.350. The number of likely N-dealkylation sites (N-methyl/N-ethyl adjacent to an activating group) is 2. The number of hydrogen-bond donors (Lipinski definition) is 2. The van der Waals surface area contributed by atoms with Gasteiger partial charge in [-0.3, -0.25) is 0 Å². The topological polar surface area (TPSA) is 39.8 Å². The molecule has 0 amide bonds. The molecule has 3 rings (SSSR count). The fourth-order valence-electron chi connectivity index (χ4n) is 3.50. The van der Waals surface area contributed by atoms with E-state index in [4.69, 9.17) is 16.7 Å². The average Bonchev–Trinajstić information content (AvgIpc) is 2.96. The molecule has 1 aliphatic heterocycles.